The Labute approximate surface area is 98.7 Å². The van der Waals surface area contributed by atoms with Gasteiger partial charge in [-0.3, -0.25) is 0 Å². The first-order valence-corrected chi connectivity index (χ1v) is 5.75. The number of rotatable bonds is 0. The maximum Gasteiger partial charge on any atom is 0.147 e. The average Bonchev–Trinajstić information content (AvgIpc) is 2.24. The normalized spacial score (nSPS) is 17.6. The fourth-order valence-electron chi connectivity index (χ4n) is 1.77. The summed E-state index contributed by atoms with van der Waals surface area (Å²) >= 11 is 3.51. The first-order chi connectivity index (χ1) is 7.15. The van der Waals surface area contributed by atoms with Crippen molar-refractivity contribution in [2.45, 2.75) is 13.8 Å². The molecular formula is C12H14BrNO. The van der Waals surface area contributed by atoms with Crippen LogP contribution in [0.4, 0.5) is 5.69 Å². The van der Waals surface area contributed by atoms with E-state index < -0.39 is 0 Å². The highest BCUT2D eigenvalue weighted by molar-refractivity contribution is 9.10. The van der Waals surface area contributed by atoms with Crippen molar-refractivity contribution >= 4 is 21.6 Å². The van der Waals surface area contributed by atoms with Crippen molar-refractivity contribution in [3.05, 3.63) is 33.9 Å². The fourth-order valence-corrected chi connectivity index (χ4v) is 2.09. The molecule has 0 amide bonds. The van der Waals surface area contributed by atoms with Gasteiger partial charge in [-0.25, -0.2) is 0 Å². The van der Waals surface area contributed by atoms with Gasteiger partial charge < -0.3 is 9.64 Å². The van der Waals surface area contributed by atoms with E-state index in [4.69, 9.17) is 4.74 Å². The first-order valence-electron chi connectivity index (χ1n) is 4.96. The molecule has 0 radical (unpaired) electrons. The number of benzene rings is 1. The number of likely N-dealkylation sites (N-methyl/N-ethyl adjacent to an activating group) is 1. The van der Waals surface area contributed by atoms with Crippen LogP contribution in [-0.2, 0) is 0 Å². The zero-order chi connectivity index (χ0) is 11.0. The third-order valence-corrected chi connectivity index (χ3v) is 3.67. The molecule has 15 heavy (non-hydrogen) atoms. The Balaban J connectivity index is 2.55. The number of ether oxygens (including phenoxy) is 1. The zero-order valence-electron chi connectivity index (χ0n) is 9.17. The highest BCUT2D eigenvalue weighted by Gasteiger charge is 2.21. The molecule has 3 heteroatoms. The monoisotopic (exact) mass is 267 g/mol. The molecule has 0 saturated carbocycles. The minimum absolute atomic E-state index is 0.650. The van der Waals surface area contributed by atoms with Crippen LogP contribution in [0.25, 0.3) is 0 Å². The second-order valence-corrected chi connectivity index (χ2v) is 4.50. The summed E-state index contributed by atoms with van der Waals surface area (Å²) in [5, 5.41) is 0. The van der Waals surface area contributed by atoms with Crippen LogP contribution in [0.1, 0.15) is 12.5 Å². The zero-order valence-corrected chi connectivity index (χ0v) is 10.8. The van der Waals surface area contributed by atoms with Crippen molar-refractivity contribution in [1.29, 1.82) is 0 Å². The molecule has 0 aromatic heterocycles. The van der Waals surface area contributed by atoms with Crippen molar-refractivity contribution in [1.82, 2.24) is 0 Å². The van der Waals surface area contributed by atoms with Gasteiger partial charge in [-0.2, -0.15) is 0 Å². The number of hydrogen-bond donors (Lipinski definition) is 0. The van der Waals surface area contributed by atoms with Crippen molar-refractivity contribution in [3.8, 4) is 5.75 Å². The molecule has 0 aliphatic carbocycles. The van der Waals surface area contributed by atoms with Crippen LogP contribution >= 0.6 is 15.9 Å². The second kappa shape index (κ2) is 3.89. The van der Waals surface area contributed by atoms with Gasteiger partial charge in [0.1, 0.15) is 12.4 Å². The molecule has 0 atom stereocenters. The minimum Gasteiger partial charge on any atom is -0.485 e. The van der Waals surface area contributed by atoms with Gasteiger partial charge in [-0.05, 0) is 26.0 Å². The lowest BCUT2D eigenvalue weighted by Crippen LogP contribution is -2.27. The Morgan fingerprint density at radius 3 is 2.87 bits per heavy atom. The molecule has 0 spiro atoms. The largest absolute Gasteiger partial charge is 0.485 e. The van der Waals surface area contributed by atoms with Gasteiger partial charge in [0.25, 0.3) is 0 Å². The molecule has 1 aromatic rings. The van der Waals surface area contributed by atoms with E-state index in [-0.39, 0.29) is 0 Å². The Bertz CT molecular complexity index is 426. The smallest absolute Gasteiger partial charge is 0.147 e. The van der Waals surface area contributed by atoms with Crippen molar-refractivity contribution < 1.29 is 4.74 Å². The molecule has 0 bridgehead atoms. The maximum atomic E-state index is 5.77. The molecule has 0 fully saturated rings. The van der Waals surface area contributed by atoms with Gasteiger partial charge in [-0.1, -0.05) is 22.0 Å². The van der Waals surface area contributed by atoms with E-state index in [2.05, 4.69) is 53.0 Å². The van der Waals surface area contributed by atoms with Crippen LogP contribution in [-0.4, -0.2) is 13.7 Å². The predicted molar refractivity (Wildman–Crippen MR) is 66.5 cm³/mol. The van der Waals surface area contributed by atoms with Gasteiger partial charge in [0.2, 0.25) is 0 Å². The number of halogens is 1. The minimum atomic E-state index is 0.650. The van der Waals surface area contributed by atoms with Gasteiger partial charge in [0.15, 0.2) is 0 Å². The Morgan fingerprint density at radius 1 is 1.47 bits per heavy atom. The Morgan fingerprint density at radius 2 is 2.20 bits per heavy atom. The summed E-state index contributed by atoms with van der Waals surface area (Å²) in [5.41, 5.74) is 3.49. The highest BCUT2D eigenvalue weighted by atomic mass is 79.9. The molecule has 0 unspecified atom stereocenters. The third-order valence-electron chi connectivity index (χ3n) is 2.81. The van der Waals surface area contributed by atoms with Crippen LogP contribution < -0.4 is 9.64 Å². The summed E-state index contributed by atoms with van der Waals surface area (Å²) < 4.78 is 6.86. The second-order valence-electron chi connectivity index (χ2n) is 3.65. The van der Waals surface area contributed by atoms with E-state index >= 15 is 0 Å². The van der Waals surface area contributed by atoms with Crippen molar-refractivity contribution in [2.24, 2.45) is 0 Å². The molecule has 2 rings (SSSR count). The molecule has 80 valence electrons. The number of nitrogens with zero attached hydrogens (tertiary/aromatic N) is 1. The summed E-state index contributed by atoms with van der Waals surface area (Å²) in [6, 6.07) is 4.14. The van der Waals surface area contributed by atoms with Crippen LogP contribution in [0.3, 0.4) is 0 Å². The summed E-state index contributed by atoms with van der Waals surface area (Å²) in [6.45, 7) is 4.75. The molecule has 0 saturated heterocycles. The maximum absolute atomic E-state index is 5.77. The molecule has 2 nitrogen and oxygen atoms in total. The van der Waals surface area contributed by atoms with E-state index in [0.29, 0.717) is 6.61 Å². The number of allylic oxidation sites excluding steroid dienone is 1. The quantitative estimate of drug-likeness (QED) is 0.714. The Kier molecular flexibility index (Phi) is 2.74. The first kappa shape index (κ1) is 10.6. The number of anilines is 1. The third kappa shape index (κ3) is 1.65. The standard InChI is InChI=1S/C12H14BrNO/c1-4-9-7-15-12-8(2)10(13)5-6-11(12)14(9)3/h4-6H,7H2,1-3H3. The van der Waals surface area contributed by atoms with Crippen molar-refractivity contribution in [2.75, 3.05) is 18.6 Å². The molecule has 1 aliphatic heterocycles. The molecule has 1 aromatic carbocycles. The van der Waals surface area contributed by atoms with Crippen LogP contribution in [0.15, 0.2) is 28.4 Å². The van der Waals surface area contributed by atoms with Gasteiger partial charge in [0, 0.05) is 17.1 Å². The lowest BCUT2D eigenvalue weighted by molar-refractivity contribution is 0.335. The fraction of sp³-hybridized carbons (Fsp3) is 0.333. The number of fused-ring (bicyclic) bond motifs is 1. The molecule has 1 heterocycles. The van der Waals surface area contributed by atoms with Crippen LogP contribution in [0.2, 0.25) is 0 Å². The summed E-state index contributed by atoms with van der Waals surface area (Å²) in [6.07, 6.45) is 2.08. The topological polar surface area (TPSA) is 12.5 Å². The van der Waals surface area contributed by atoms with Crippen LogP contribution in [0.5, 0.6) is 5.75 Å². The molecule has 0 N–H and O–H groups in total. The van der Waals surface area contributed by atoms with Gasteiger partial charge in [-0.15, -0.1) is 0 Å². The van der Waals surface area contributed by atoms with E-state index in [9.17, 15) is 0 Å². The summed E-state index contributed by atoms with van der Waals surface area (Å²) in [5.74, 6) is 0.984. The Hall–Kier alpha value is -0.960. The predicted octanol–water partition coefficient (Wildman–Crippen LogP) is 3.49. The molecular weight excluding hydrogens is 254 g/mol. The van der Waals surface area contributed by atoms with E-state index in [1.807, 2.05) is 6.92 Å². The van der Waals surface area contributed by atoms with E-state index in [1.54, 1.807) is 0 Å². The van der Waals surface area contributed by atoms with Crippen molar-refractivity contribution in [3.63, 3.8) is 0 Å². The lowest BCUT2D eigenvalue weighted by atomic mass is 10.1. The highest BCUT2D eigenvalue weighted by Crippen LogP contribution is 2.39. The molecule has 1 aliphatic rings. The lowest BCUT2D eigenvalue weighted by Gasteiger charge is -2.31. The van der Waals surface area contributed by atoms with E-state index in [0.717, 1.165) is 21.5 Å². The summed E-state index contributed by atoms with van der Waals surface area (Å²) in [4.78, 5) is 2.18. The number of hydrogen-bond acceptors (Lipinski definition) is 2. The van der Waals surface area contributed by atoms with Gasteiger partial charge in [0.05, 0.1) is 11.4 Å². The van der Waals surface area contributed by atoms with Crippen LogP contribution in [0, 0.1) is 6.92 Å². The SMILES string of the molecule is CC=C1COc2c(ccc(Br)c2C)N1C. The van der Waals surface area contributed by atoms with Gasteiger partial charge >= 0.3 is 0 Å². The summed E-state index contributed by atoms with van der Waals surface area (Å²) in [7, 11) is 2.07. The average molecular weight is 268 g/mol. The van der Waals surface area contributed by atoms with E-state index in [1.165, 1.54) is 5.70 Å².